The molecule has 0 fully saturated rings. The van der Waals surface area contributed by atoms with Crippen molar-refractivity contribution in [2.24, 2.45) is 0 Å². The Hall–Kier alpha value is -0.540. The fourth-order valence-corrected chi connectivity index (χ4v) is 1.44. The first kappa shape index (κ1) is 9.55. The first-order valence-corrected chi connectivity index (χ1v) is 4.54. The lowest BCUT2D eigenvalue weighted by atomic mass is 10.1. The third-order valence-corrected chi connectivity index (χ3v) is 2.32. The first-order valence-electron chi connectivity index (χ1n) is 3.75. The molecule has 0 aliphatic carbocycles. The highest BCUT2D eigenvalue weighted by Crippen LogP contribution is 2.22. The molecular weight excluding hydrogens is 220 g/mol. The summed E-state index contributed by atoms with van der Waals surface area (Å²) in [5, 5.41) is 18.3. The summed E-state index contributed by atoms with van der Waals surface area (Å²) in [6, 6.07) is 5.03. The van der Waals surface area contributed by atoms with Crippen LogP contribution in [0.3, 0.4) is 0 Å². The number of aliphatic hydroxyl groups excluding tert-OH is 1. The Kier molecular flexibility index (Phi) is 3.12. The van der Waals surface area contributed by atoms with E-state index in [2.05, 4.69) is 15.9 Å². The molecule has 0 heterocycles. The van der Waals surface area contributed by atoms with Crippen molar-refractivity contribution in [1.29, 1.82) is 0 Å². The van der Waals surface area contributed by atoms with Gasteiger partial charge in [-0.15, -0.1) is 0 Å². The molecule has 2 N–H and O–H groups in total. The minimum absolute atomic E-state index is 0.230. The van der Waals surface area contributed by atoms with Crippen molar-refractivity contribution in [2.45, 2.75) is 19.4 Å². The van der Waals surface area contributed by atoms with Gasteiger partial charge >= 0.3 is 0 Å². The molecule has 1 rings (SSSR count). The van der Waals surface area contributed by atoms with E-state index in [9.17, 15) is 0 Å². The molecule has 0 aliphatic heterocycles. The molecule has 1 aromatic carbocycles. The lowest BCUT2D eigenvalue weighted by Crippen LogP contribution is -2.04. The van der Waals surface area contributed by atoms with E-state index in [1.165, 1.54) is 0 Å². The summed E-state index contributed by atoms with van der Waals surface area (Å²) in [5.41, 5.74) is 0.921. The summed E-state index contributed by atoms with van der Waals surface area (Å²) in [4.78, 5) is 0. The number of aliphatic hydroxyl groups is 1. The zero-order valence-corrected chi connectivity index (χ0v) is 8.37. The molecule has 12 heavy (non-hydrogen) atoms. The van der Waals surface area contributed by atoms with Crippen LogP contribution in [0, 0.1) is 0 Å². The van der Waals surface area contributed by atoms with Gasteiger partial charge in [0.15, 0.2) is 0 Å². The van der Waals surface area contributed by atoms with E-state index in [1.54, 1.807) is 25.1 Å². The van der Waals surface area contributed by atoms with Crippen LogP contribution < -0.4 is 0 Å². The quantitative estimate of drug-likeness (QED) is 0.817. The van der Waals surface area contributed by atoms with Gasteiger partial charge in [0.05, 0.1) is 6.10 Å². The van der Waals surface area contributed by atoms with Crippen molar-refractivity contribution in [1.82, 2.24) is 0 Å². The number of rotatable bonds is 2. The van der Waals surface area contributed by atoms with Crippen molar-refractivity contribution < 1.29 is 10.2 Å². The number of phenolic OH excluding ortho intramolecular Hbond substituents is 1. The van der Waals surface area contributed by atoms with Crippen LogP contribution in [0.1, 0.15) is 12.5 Å². The zero-order valence-electron chi connectivity index (χ0n) is 6.79. The van der Waals surface area contributed by atoms with Crippen molar-refractivity contribution in [3.8, 4) is 5.75 Å². The predicted molar refractivity (Wildman–Crippen MR) is 51.2 cm³/mol. The number of aromatic hydroxyl groups is 1. The molecule has 3 heteroatoms. The second-order valence-corrected chi connectivity index (χ2v) is 3.68. The number of hydrogen-bond acceptors (Lipinski definition) is 2. The van der Waals surface area contributed by atoms with Crippen LogP contribution in [-0.4, -0.2) is 16.3 Å². The summed E-state index contributed by atoms with van der Waals surface area (Å²) in [5.74, 6) is 0.230. The lowest BCUT2D eigenvalue weighted by molar-refractivity contribution is 0.195. The van der Waals surface area contributed by atoms with Gasteiger partial charge in [0, 0.05) is 4.47 Å². The minimum atomic E-state index is -0.386. The molecule has 0 amide bonds. The second kappa shape index (κ2) is 3.92. The molecule has 0 radical (unpaired) electrons. The average molecular weight is 231 g/mol. The molecule has 0 aliphatic rings. The summed E-state index contributed by atoms with van der Waals surface area (Å²) in [6.45, 7) is 1.72. The largest absolute Gasteiger partial charge is 0.508 e. The third-order valence-electron chi connectivity index (χ3n) is 1.54. The maximum absolute atomic E-state index is 9.15. The topological polar surface area (TPSA) is 40.5 Å². The molecular formula is C9H11BrO2. The molecule has 66 valence electrons. The maximum atomic E-state index is 9.15. The Morgan fingerprint density at radius 2 is 2.17 bits per heavy atom. The van der Waals surface area contributed by atoms with E-state index < -0.39 is 0 Å². The van der Waals surface area contributed by atoms with Crippen molar-refractivity contribution in [3.05, 3.63) is 28.2 Å². The van der Waals surface area contributed by atoms with Gasteiger partial charge in [-0.3, -0.25) is 0 Å². The zero-order chi connectivity index (χ0) is 9.14. The number of halogens is 1. The lowest BCUT2D eigenvalue weighted by Gasteiger charge is -2.06. The molecule has 2 nitrogen and oxygen atoms in total. The van der Waals surface area contributed by atoms with Gasteiger partial charge in [0.2, 0.25) is 0 Å². The van der Waals surface area contributed by atoms with Crippen LogP contribution in [0.2, 0.25) is 0 Å². The Bertz CT molecular complexity index is 271. The van der Waals surface area contributed by atoms with Gasteiger partial charge in [-0.1, -0.05) is 15.9 Å². The highest BCUT2D eigenvalue weighted by Gasteiger charge is 2.04. The summed E-state index contributed by atoms with van der Waals surface area (Å²) < 4.78 is 0.918. The predicted octanol–water partition coefficient (Wildman–Crippen LogP) is 2.08. The Labute approximate surface area is 80.0 Å². The molecule has 0 aromatic heterocycles. The van der Waals surface area contributed by atoms with Crippen LogP contribution in [0.15, 0.2) is 22.7 Å². The SMILES string of the molecule is C[C@H](O)Cc1cc(O)ccc1Br. The molecule has 0 bridgehead atoms. The van der Waals surface area contributed by atoms with E-state index in [1.807, 2.05) is 0 Å². The fourth-order valence-electron chi connectivity index (χ4n) is 1.04. The van der Waals surface area contributed by atoms with Crippen molar-refractivity contribution in [2.75, 3.05) is 0 Å². The van der Waals surface area contributed by atoms with Crippen molar-refractivity contribution >= 4 is 15.9 Å². The summed E-state index contributed by atoms with van der Waals surface area (Å²) >= 11 is 3.34. The molecule has 1 atom stereocenters. The fraction of sp³-hybridized carbons (Fsp3) is 0.333. The Morgan fingerprint density at radius 1 is 1.50 bits per heavy atom. The number of hydrogen-bond donors (Lipinski definition) is 2. The number of phenols is 1. The first-order chi connectivity index (χ1) is 5.59. The van der Waals surface area contributed by atoms with E-state index >= 15 is 0 Å². The molecule has 0 saturated heterocycles. The molecule has 0 unspecified atom stereocenters. The maximum Gasteiger partial charge on any atom is 0.115 e. The van der Waals surface area contributed by atoms with Crippen LogP contribution in [-0.2, 0) is 6.42 Å². The van der Waals surface area contributed by atoms with Crippen LogP contribution >= 0.6 is 15.9 Å². The van der Waals surface area contributed by atoms with E-state index in [0.717, 1.165) is 10.0 Å². The normalized spacial score (nSPS) is 12.9. The van der Waals surface area contributed by atoms with Gasteiger partial charge in [-0.25, -0.2) is 0 Å². The van der Waals surface area contributed by atoms with E-state index in [-0.39, 0.29) is 11.9 Å². The minimum Gasteiger partial charge on any atom is -0.508 e. The van der Waals surface area contributed by atoms with E-state index in [4.69, 9.17) is 10.2 Å². The van der Waals surface area contributed by atoms with Gasteiger partial charge in [-0.05, 0) is 37.1 Å². The average Bonchev–Trinajstić information content (AvgIpc) is 1.96. The highest BCUT2D eigenvalue weighted by molar-refractivity contribution is 9.10. The van der Waals surface area contributed by atoms with Gasteiger partial charge in [-0.2, -0.15) is 0 Å². The molecule has 0 spiro atoms. The van der Waals surface area contributed by atoms with Gasteiger partial charge in [0.25, 0.3) is 0 Å². The van der Waals surface area contributed by atoms with Gasteiger partial charge in [0.1, 0.15) is 5.75 Å². The van der Waals surface area contributed by atoms with Crippen LogP contribution in [0.25, 0.3) is 0 Å². The second-order valence-electron chi connectivity index (χ2n) is 2.83. The Morgan fingerprint density at radius 3 is 2.75 bits per heavy atom. The van der Waals surface area contributed by atoms with Crippen molar-refractivity contribution in [3.63, 3.8) is 0 Å². The van der Waals surface area contributed by atoms with E-state index in [0.29, 0.717) is 6.42 Å². The standard InChI is InChI=1S/C9H11BrO2/c1-6(11)4-7-5-8(12)2-3-9(7)10/h2-3,5-6,11-12H,4H2,1H3/t6-/m0/s1. The monoisotopic (exact) mass is 230 g/mol. The highest BCUT2D eigenvalue weighted by atomic mass is 79.9. The smallest absolute Gasteiger partial charge is 0.115 e. The van der Waals surface area contributed by atoms with Gasteiger partial charge < -0.3 is 10.2 Å². The summed E-state index contributed by atoms with van der Waals surface area (Å²) in [7, 11) is 0. The Balaban J connectivity index is 2.90. The third kappa shape index (κ3) is 2.50. The molecule has 1 aromatic rings. The number of benzene rings is 1. The summed E-state index contributed by atoms with van der Waals surface area (Å²) in [6.07, 6.45) is 0.165. The van der Waals surface area contributed by atoms with Crippen LogP contribution in [0.4, 0.5) is 0 Å². The molecule has 0 saturated carbocycles. The van der Waals surface area contributed by atoms with Crippen LogP contribution in [0.5, 0.6) is 5.75 Å².